The van der Waals surface area contributed by atoms with E-state index in [4.69, 9.17) is 10.2 Å². The molecule has 0 spiro atoms. The minimum Gasteiger partial charge on any atom is -0.469 e. The number of Topliss-reactive ketones (excluding diaryl/α,β-unsaturated/α-hetero) is 1. The number of nitrogens with two attached hydrogens (primary N) is 1. The second kappa shape index (κ2) is 5.40. The molecule has 0 aliphatic rings. The van der Waals surface area contributed by atoms with Crippen LogP contribution in [0.2, 0.25) is 0 Å². The van der Waals surface area contributed by atoms with E-state index in [0.29, 0.717) is 11.3 Å². The number of hydrogen-bond acceptors (Lipinski definition) is 4. The maximum absolute atomic E-state index is 11.4. The van der Waals surface area contributed by atoms with E-state index in [1.54, 1.807) is 18.4 Å². The van der Waals surface area contributed by atoms with Crippen LogP contribution in [0.5, 0.6) is 0 Å². The SMILES string of the molecule is CC(=O)c1cc(NCCc2ccco2)ccc1N. The van der Waals surface area contributed by atoms with E-state index in [0.717, 1.165) is 24.4 Å². The lowest BCUT2D eigenvalue weighted by molar-refractivity contribution is 0.101. The molecule has 4 heteroatoms. The van der Waals surface area contributed by atoms with Crippen LogP contribution in [-0.2, 0) is 6.42 Å². The van der Waals surface area contributed by atoms with Gasteiger partial charge >= 0.3 is 0 Å². The van der Waals surface area contributed by atoms with Crippen LogP contribution >= 0.6 is 0 Å². The molecule has 3 N–H and O–H groups in total. The van der Waals surface area contributed by atoms with Gasteiger partial charge in [-0.15, -0.1) is 0 Å². The van der Waals surface area contributed by atoms with Gasteiger partial charge in [0.1, 0.15) is 5.76 Å². The molecule has 94 valence electrons. The second-order valence-electron chi connectivity index (χ2n) is 4.11. The third kappa shape index (κ3) is 2.91. The fraction of sp³-hybridized carbons (Fsp3) is 0.214. The number of nitrogen functional groups attached to an aromatic ring is 1. The maximum atomic E-state index is 11.4. The van der Waals surface area contributed by atoms with Gasteiger partial charge < -0.3 is 15.5 Å². The van der Waals surface area contributed by atoms with Crippen molar-refractivity contribution in [3.63, 3.8) is 0 Å². The molecule has 0 radical (unpaired) electrons. The molecule has 0 fully saturated rings. The molecule has 0 aliphatic heterocycles. The van der Waals surface area contributed by atoms with Crippen molar-refractivity contribution in [1.82, 2.24) is 0 Å². The average Bonchev–Trinajstić information content (AvgIpc) is 2.84. The number of carbonyl (C=O) groups is 1. The molecule has 0 bridgehead atoms. The van der Waals surface area contributed by atoms with Crippen molar-refractivity contribution >= 4 is 17.2 Å². The van der Waals surface area contributed by atoms with Crippen molar-refractivity contribution < 1.29 is 9.21 Å². The molecule has 1 heterocycles. The molecule has 0 aliphatic carbocycles. The zero-order valence-corrected chi connectivity index (χ0v) is 10.3. The highest BCUT2D eigenvalue weighted by molar-refractivity contribution is 5.99. The molecule has 0 unspecified atom stereocenters. The first kappa shape index (κ1) is 12.2. The molecular formula is C14H16N2O2. The maximum Gasteiger partial charge on any atom is 0.161 e. The Balaban J connectivity index is 1.97. The van der Waals surface area contributed by atoms with Crippen LogP contribution in [0.1, 0.15) is 23.0 Å². The summed E-state index contributed by atoms with van der Waals surface area (Å²) in [5.41, 5.74) is 7.69. The van der Waals surface area contributed by atoms with Gasteiger partial charge in [-0.2, -0.15) is 0 Å². The summed E-state index contributed by atoms with van der Waals surface area (Å²) in [7, 11) is 0. The smallest absolute Gasteiger partial charge is 0.161 e. The highest BCUT2D eigenvalue weighted by atomic mass is 16.3. The van der Waals surface area contributed by atoms with Gasteiger partial charge in [0.15, 0.2) is 5.78 Å². The van der Waals surface area contributed by atoms with Crippen LogP contribution < -0.4 is 11.1 Å². The first-order valence-electron chi connectivity index (χ1n) is 5.83. The Morgan fingerprint density at radius 2 is 2.22 bits per heavy atom. The summed E-state index contributed by atoms with van der Waals surface area (Å²) in [6.45, 7) is 2.26. The van der Waals surface area contributed by atoms with E-state index in [9.17, 15) is 4.79 Å². The fourth-order valence-corrected chi connectivity index (χ4v) is 1.76. The number of furan rings is 1. The molecular weight excluding hydrogens is 228 g/mol. The zero-order valence-electron chi connectivity index (χ0n) is 10.3. The molecule has 0 saturated heterocycles. The Morgan fingerprint density at radius 1 is 1.39 bits per heavy atom. The number of hydrogen-bond donors (Lipinski definition) is 2. The molecule has 1 aromatic carbocycles. The quantitative estimate of drug-likeness (QED) is 0.626. The van der Waals surface area contributed by atoms with E-state index >= 15 is 0 Å². The number of ketones is 1. The predicted molar refractivity (Wildman–Crippen MR) is 71.8 cm³/mol. The van der Waals surface area contributed by atoms with Crippen molar-refractivity contribution in [1.29, 1.82) is 0 Å². The molecule has 4 nitrogen and oxygen atoms in total. The third-order valence-electron chi connectivity index (χ3n) is 2.71. The molecule has 0 amide bonds. The summed E-state index contributed by atoms with van der Waals surface area (Å²) >= 11 is 0. The standard InChI is InChI=1S/C14H16N2O2/c1-10(17)13-9-11(4-5-14(13)15)16-7-6-12-3-2-8-18-12/h2-5,8-9,16H,6-7,15H2,1H3. The van der Waals surface area contributed by atoms with Gasteiger partial charge in [-0.25, -0.2) is 0 Å². The summed E-state index contributed by atoms with van der Waals surface area (Å²) in [5.74, 6) is 0.909. The van der Waals surface area contributed by atoms with Crippen molar-refractivity contribution in [2.24, 2.45) is 0 Å². The largest absolute Gasteiger partial charge is 0.469 e. The summed E-state index contributed by atoms with van der Waals surface area (Å²) in [5, 5.41) is 3.24. The van der Waals surface area contributed by atoms with E-state index in [-0.39, 0.29) is 5.78 Å². The lowest BCUT2D eigenvalue weighted by Gasteiger charge is -2.08. The van der Waals surface area contributed by atoms with E-state index < -0.39 is 0 Å². The Kier molecular flexibility index (Phi) is 3.67. The van der Waals surface area contributed by atoms with E-state index in [1.165, 1.54) is 6.92 Å². The van der Waals surface area contributed by atoms with Gasteiger partial charge in [-0.05, 0) is 37.3 Å². The summed E-state index contributed by atoms with van der Waals surface area (Å²) in [6, 6.07) is 9.19. The second-order valence-corrected chi connectivity index (χ2v) is 4.11. The normalized spacial score (nSPS) is 10.3. The van der Waals surface area contributed by atoms with Crippen molar-refractivity contribution in [2.75, 3.05) is 17.6 Å². The van der Waals surface area contributed by atoms with Gasteiger partial charge in [0, 0.05) is 29.9 Å². The number of nitrogens with one attached hydrogen (secondary N) is 1. The number of benzene rings is 1. The van der Waals surface area contributed by atoms with E-state index in [2.05, 4.69) is 5.32 Å². The van der Waals surface area contributed by atoms with Crippen LogP contribution in [0.4, 0.5) is 11.4 Å². The van der Waals surface area contributed by atoms with Crippen LogP contribution in [0.3, 0.4) is 0 Å². The van der Waals surface area contributed by atoms with Crippen molar-refractivity contribution in [3.05, 3.63) is 47.9 Å². The summed E-state index contributed by atoms with van der Waals surface area (Å²) in [4.78, 5) is 11.4. The van der Waals surface area contributed by atoms with E-state index in [1.807, 2.05) is 18.2 Å². The monoisotopic (exact) mass is 244 g/mol. The lowest BCUT2D eigenvalue weighted by Crippen LogP contribution is -2.06. The highest BCUT2D eigenvalue weighted by Gasteiger charge is 2.05. The lowest BCUT2D eigenvalue weighted by atomic mass is 10.1. The zero-order chi connectivity index (χ0) is 13.0. The first-order chi connectivity index (χ1) is 8.66. The Hall–Kier alpha value is -2.23. The Morgan fingerprint density at radius 3 is 2.89 bits per heavy atom. The molecule has 2 rings (SSSR count). The number of rotatable bonds is 5. The fourth-order valence-electron chi connectivity index (χ4n) is 1.76. The predicted octanol–water partition coefficient (Wildman–Crippen LogP) is 2.72. The van der Waals surface area contributed by atoms with Crippen LogP contribution in [0.15, 0.2) is 41.0 Å². The first-order valence-corrected chi connectivity index (χ1v) is 5.83. The van der Waals surface area contributed by atoms with Crippen LogP contribution in [-0.4, -0.2) is 12.3 Å². The number of anilines is 2. The van der Waals surface area contributed by atoms with Gasteiger partial charge in [0.2, 0.25) is 0 Å². The van der Waals surface area contributed by atoms with Crippen molar-refractivity contribution in [2.45, 2.75) is 13.3 Å². The van der Waals surface area contributed by atoms with Gasteiger partial charge in [0.25, 0.3) is 0 Å². The van der Waals surface area contributed by atoms with Crippen LogP contribution in [0, 0.1) is 0 Å². The molecule has 1 aromatic heterocycles. The molecule has 0 atom stereocenters. The van der Waals surface area contributed by atoms with Crippen LogP contribution in [0.25, 0.3) is 0 Å². The van der Waals surface area contributed by atoms with Gasteiger partial charge in [0.05, 0.1) is 6.26 Å². The molecule has 18 heavy (non-hydrogen) atoms. The number of carbonyl (C=O) groups excluding carboxylic acids is 1. The Bertz CT molecular complexity index is 533. The molecule has 2 aromatic rings. The summed E-state index contributed by atoms with van der Waals surface area (Å²) in [6.07, 6.45) is 2.46. The van der Waals surface area contributed by atoms with Gasteiger partial charge in [-0.3, -0.25) is 4.79 Å². The minimum atomic E-state index is -0.0258. The summed E-state index contributed by atoms with van der Waals surface area (Å²) < 4.78 is 5.24. The van der Waals surface area contributed by atoms with Crippen molar-refractivity contribution in [3.8, 4) is 0 Å². The Labute approximate surface area is 106 Å². The molecule has 0 saturated carbocycles. The third-order valence-corrected chi connectivity index (χ3v) is 2.71. The van der Waals surface area contributed by atoms with Gasteiger partial charge in [-0.1, -0.05) is 0 Å². The highest BCUT2D eigenvalue weighted by Crippen LogP contribution is 2.18. The average molecular weight is 244 g/mol. The topological polar surface area (TPSA) is 68.3 Å². The minimum absolute atomic E-state index is 0.0258.